The summed E-state index contributed by atoms with van der Waals surface area (Å²) in [6.45, 7) is 11.3. The Morgan fingerprint density at radius 2 is 1.94 bits per heavy atom. The van der Waals surface area contributed by atoms with E-state index < -0.39 is 0 Å². The molecule has 0 amide bonds. The minimum absolute atomic E-state index is 0.599. The molecule has 2 aliphatic carbocycles. The fourth-order valence-electron chi connectivity index (χ4n) is 3.64. The van der Waals surface area contributed by atoms with E-state index in [0.29, 0.717) is 6.04 Å². The van der Waals surface area contributed by atoms with E-state index in [0.717, 1.165) is 23.8 Å². The summed E-state index contributed by atoms with van der Waals surface area (Å²) in [5.74, 6) is 2.51. The Kier molecular flexibility index (Phi) is 4.30. The van der Waals surface area contributed by atoms with Gasteiger partial charge in [0.2, 0.25) is 0 Å². The molecule has 17 heavy (non-hydrogen) atoms. The fourth-order valence-corrected chi connectivity index (χ4v) is 3.64. The van der Waals surface area contributed by atoms with Crippen LogP contribution >= 0.6 is 0 Å². The number of unbranched alkanes of at least 4 members (excludes halogenated alkanes) is 1. The topological polar surface area (TPSA) is 12.0 Å². The zero-order valence-corrected chi connectivity index (χ0v) is 11.8. The summed E-state index contributed by atoms with van der Waals surface area (Å²) in [6.07, 6.45) is 8.36. The van der Waals surface area contributed by atoms with Gasteiger partial charge in [0.15, 0.2) is 0 Å². The van der Waals surface area contributed by atoms with Crippen molar-refractivity contribution in [2.75, 3.05) is 0 Å². The Morgan fingerprint density at radius 3 is 2.47 bits per heavy atom. The Balaban J connectivity index is 1.71. The number of nitrogens with one attached hydrogen (secondary N) is 1. The van der Waals surface area contributed by atoms with Gasteiger partial charge in [0, 0.05) is 12.1 Å². The normalized spacial score (nSPS) is 41.6. The van der Waals surface area contributed by atoms with E-state index in [4.69, 9.17) is 0 Å². The second-order valence-electron chi connectivity index (χ2n) is 6.51. The van der Waals surface area contributed by atoms with E-state index in [9.17, 15) is 0 Å². The van der Waals surface area contributed by atoms with Crippen LogP contribution in [0.5, 0.6) is 0 Å². The summed E-state index contributed by atoms with van der Waals surface area (Å²) in [7, 11) is 0. The summed E-state index contributed by atoms with van der Waals surface area (Å²) in [5, 5.41) is 3.85. The molecule has 0 bridgehead atoms. The zero-order valence-electron chi connectivity index (χ0n) is 11.8. The van der Waals surface area contributed by atoms with Crippen LogP contribution < -0.4 is 5.32 Å². The van der Waals surface area contributed by atoms with E-state index in [2.05, 4.69) is 32.7 Å². The predicted molar refractivity (Wildman–Crippen MR) is 75.0 cm³/mol. The molecule has 2 saturated carbocycles. The largest absolute Gasteiger partial charge is 0.307 e. The van der Waals surface area contributed by atoms with Crippen LogP contribution in [0.25, 0.3) is 0 Å². The van der Waals surface area contributed by atoms with Crippen LogP contribution in [0.4, 0.5) is 0 Å². The third kappa shape index (κ3) is 2.93. The first-order chi connectivity index (χ1) is 8.11. The van der Waals surface area contributed by atoms with Crippen molar-refractivity contribution < 1.29 is 0 Å². The summed E-state index contributed by atoms with van der Waals surface area (Å²) >= 11 is 0. The molecule has 0 radical (unpaired) electrons. The molecule has 0 aromatic rings. The Hall–Kier alpha value is -0.300. The molecule has 3 unspecified atom stereocenters. The second kappa shape index (κ2) is 5.56. The Bertz CT molecular complexity index is 265. The molecule has 2 rings (SSSR count). The van der Waals surface area contributed by atoms with Crippen molar-refractivity contribution in [3.05, 3.63) is 12.2 Å². The van der Waals surface area contributed by atoms with Crippen LogP contribution in [0.2, 0.25) is 0 Å². The van der Waals surface area contributed by atoms with Gasteiger partial charge in [-0.25, -0.2) is 0 Å². The van der Waals surface area contributed by atoms with Crippen molar-refractivity contribution in [1.82, 2.24) is 5.32 Å². The van der Waals surface area contributed by atoms with Crippen molar-refractivity contribution in [1.29, 1.82) is 0 Å². The van der Waals surface area contributed by atoms with Crippen molar-refractivity contribution in [3.8, 4) is 0 Å². The standard InChI is InChI=1S/C16H29N/c1-5-6-7-14-9-15(10-14)17-16-12(3)8-11(2)13(16)4/h11-12,14-17H,4-10H2,1-3H3. The third-order valence-corrected chi connectivity index (χ3v) is 4.94. The van der Waals surface area contributed by atoms with Crippen LogP contribution in [-0.2, 0) is 0 Å². The first-order valence-corrected chi connectivity index (χ1v) is 7.56. The van der Waals surface area contributed by atoms with Gasteiger partial charge < -0.3 is 5.32 Å². The monoisotopic (exact) mass is 235 g/mol. The van der Waals surface area contributed by atoms with Gasteiger partial charge in [0.1, 0.15) is 0 Å². The Labute approximate surface area is 107 Å². The second-order valence-corrected chi connectivity index (χ2v) is 6.51. The lowest BCUT2D eigenvalue weighted by atomic mass is 9.76. The van der Waals surface area contributed by atoms with E-state index in [1.165, 1.54) is 44.1 Å². The predicted octanol–water partition coefficient (Wildman–Crippen LogP) is 4.15. The SMILES string of the molecule is C=C1C(C)CC(C)C1NC1CC(CCCC)C1. The van der Waals surface area contributed by atoms with Gasteiger partial charge in [-0.1, -0.05) is 52.2 Å². The van der Waals surface area contributed by atoms with E-state index in [1.807, 2.05) is 0 Å². The highest BCUT2D eigenvalue weighted by molar-refractivity contribution is 5.17. The van der Waals surface area contributed by atoms with Gasteiger partial charge in [0.25, 0.3) is 0 Å². The fraction of sp³-hybridized carbons (Fsp3) is 0.875. The highest BCUT2D eigenvalue weighted by Crippen LogP contribution is 2.38. The number of hydrogen-bond acceptors (Lipinski definition) is 1. The lowest BCUT2D eigenvalue weighted by Gasteiger charge is -2.39. The molecular weight excluding hydrogens is 206 g/mol. The minimum atomic E-state index is 0.599. The first-order valence-electron chi connectivity index (χ1n) is 7.56. The van der Waals surface area contributed by atoms with Gasteiger partial charge in [-0.05, 0) is 37.0 Å². The molecule has 1 N–H and O–H groups in total. The van der Waals surface area contributed by atoms with Gasteiger partial charge in [-0.15, -0.1) is 0 Å². The lowest BCUT2D eigenvalue weighted by molar-refractivity contribution is 0.190. The van der Waals surface area contributed by atoms with Crippen molar-refractivity contribution in [2.45, 2.75) is 71.4 Å². The quantitative estimate of drug-likeness (QED) is 0.706. The summed E-state index contributed by atoms with van der Waals surface area (Å²) < 4.78 is 0. The van der Waals surface area contributed by atoms with Gasteiger partial charge in [-0.3, -0.25) is 0 Å². The third-order valence-electron chi connectivity index (χ3n) is 4.94. The molecule has 1 heteroatoms. The summed E-state index contributed by atoms with van der Waals surface area (Å²) in [4.78, 5) is 0. The molecule has 0 aromatic heterocycles. The Morgan fingerprint density at radius 1 is 1.24 bits per heavy atom. The van der Waals surface area contributed by atoms with Crippen molar-refractivity contribution in [2.24, 2.45) is 17.8 Å². The molecule has 0 saturated heterocycles. The van der Waals surface area contributed by atoms with Crippen LogP contribution in [0.15, 0.2) is 12.2 Å². The minimum Gasteiger partial charge on any atom is -0.307 e. The highest BCUT2D eigenvalue weighted by Gasteiger charge is 2.36. The zero-order chi connectivity index (χ0) is 12.4. The maximum atomic E-state index is 4.28. The van der Waals surface area contributed by atoms with Crippen LogP contribution in [0.3, 0.4) is 0 Å². The summed E-state index contributed by atoms with van der Waals surface area (Å²) in [5.41, 5.74) is 1.45. The molecule has 98 valence electrons. The molecule has 0 aliphatic heterocycles. The smallest absolute Gasteiger partial charge is 0.0307 e. The van der Waals surface area contributed by atoms with Gasteiger partial charge in [0.05, 0.1) is 0 Å². The molecule has 3 atom stereocenters. The van der Waals surface area contributed by atoms with Crippen LogP contribution in [0.1, 0.15) is 59.3 Å². The van der Waals surface area contributed by atoms with Gasteiger partial charge >= 0.3 is 0 Å². The van der Waals surface area contributed by atoms with Crippen molar-refractivity contribution >= 4 is 0 Å². The van der Waals surface area contributed by atoms with Gasteiger partial charge in [-0.2, -0.15) is 0 Å². The molecule has 2 aliphatic rings. The number of rotatable bonds is 5. The molecule has 0 heterocycles. The van der Waals surface area contributed by atoms with Crippen LogP contribution in [-0.4, -0.2) is 12.1 Å². The van der Waals surface area contributed by atoms with E-state index >= 15 is 0 Å². The first kappa shape index (κ1) is 13.1. The average molecular weight is 235 g/mol. The van der Waals surface area contributed by atoms with Crippen LogP contribution in [0, 0.1) is 17.8 Å². The molecule has 1 nitrogen and oxygen atoms in total. The lowest BCUT2D eigenvalue weighted by Crippen LogP contribution is -2.47. The average Bonchev–Trinajstić information content (AvgIpc) is 2.47. The van der Waals surface area contributed by atoms with Crippen molar-refractivity contribution in [3.63, 3.8) is 0 Å². The summed E-state index contributed by atoms with van der Waals surface area (Å²) in [6, 6.07) is 1.38. The molecule has 2 fully saturated rings. The maximum absolute atomic E-state index is 4.28. The molecule has 0 spiro atoms. The number of hydrogen-bond donors (Lipinski definition) is 1. The molecule has 0 aromatic carbocycles. The highest BCUT2D eigenvalue weighted by atomic mass is 15.0. The maximum Gasteiger partial charge on any atom is 0.0307 e. The van der Waals surface area contributed by atoms with E-state index in [1.54, 1.807) is 0 Å². The van der Waals surface area contributed by atoms with E-state index in [-0.39, 0.29) is 0 Å². The molecular formula is C16H29N.